The molecule has 98 valence electrons. The summed E-state index contributed by atoms with van der Waals surface area (Å²) in [5.74, 6) is 0.684. The zero-order valence-electron chi connectivity index (χ0n) is 10.6. The van der Waals surface area contributed by atoms with Gasteiger partial charge in [0.15, 0.2) is 0 Å². The van der Waals surface area contributed by atoms with E-state index in [0.717, 1.165) is 0 Å². The first-order chi connectivity index (χ1) is 8.40. The number of halogens is 1. The van der Waals surface area contributed by atoms with Crippen LogP contribution in [0.4, 0.5) is 5.69 Å². The van der Waals surface area contributed by atoms with Crippen LogP contribution in [0.15, 0.2) is 18.2 Å². The highest BCUT2D eigenvalue weighted by Crippen LogP contribution is 2.39. The molecule has 0 unspecified atom stereocenters. The predicted molar refractivity (Wildman–Crippen MR) is 71.7 cm³/mol. The molecule has 1 aromatic carbocycles. The molecule has 4 nitrogen and oxygen atoms in total. The average Bonchev–Trinajstić information content (AvgIpc) is 3.11. The van der Waals surface area contributed by atoms with E-state index in [2.05, 4.69) is 19.2 Å². The normalized spacial score (nSPS) is 15.7. The minimum absolute atomic E-state index is 0.0352. The second-order valence-corrected chi connectivity index (χ2v) is 5.82. The molecular formula is C13H17ClN2O2. The Balaban J connectivity index is 2.11. The van der Waals surface area contributed by atoms with Crippen LogP contribution in [-0.4, -0.2) is 10.5 Å². The van der Waals surface area contributed by atoms with Gasteiger partial charge < -0.3 is 5.32 Å². The van der Waals surface area contributed by atoms with Crippen LogP contribution in [0.5, 0.6) is 0 Å². The maximum Gasteiger partial charge on any atom is 0.275 e. The summed E-state index contributed by atoms with van der Waals surface area (Å²) in [5.41, 5.74) is 0.799. The van der Waals surface area contributed by atoms with Crippen molar-refractivity contribution in [2.24, 2.45) is 5.92 Å². The predicted octanol–water partition coefficient (Wildman–Crippen LogP) is 3.53. The molecule has 1 fully saturated rings. The molecule has 1 aliphatic carbocycles. The third-order valence-corrected chi connectivity index (χ3v) is 3.81. The van der Waals surface area contributed by atoms with Gasteiger partial charge in [0.25, 0.3) is 5.69 Å². The molecule has 1 saturated carbocycles. The van der Waals surface area contributed by atoms with E-state index < -0.39 is 0 Å². The first-order valence-corrected chi connectivity index (χ1v) is 6.46. The summed E-state index contributed by atoms with van der Waals surface area (Å²) in [7, 11) is 0. The maximum absolute atomic E-state index is 11.0. The van der Waals surface area contributed by atoms with Crippen molar-refractivity contribution in [3.05, 3.63) is 38.9 Å². The summed E-state index contributed by atoms with van der Waals surface area (Å²) in [6.45, 7) is 4.79. The number of hydrogen-bond donors (Lipinski definition) is 1. The van der Waals surface area contributed by atoms with Crippen LogP contribution in [0.1, 0.15) is 32.3 Å². The Labute approximate surface area is 111 Å². The van der Waals surface area contributed by atoms with E-state index in [4.69, 9.17) is 11.6 Å². The van der Waals surface area contributed by atoms with Crippen molar-refractivity contribution in [1.82, 2.24) is 5.32 Å². The number of nitro groups is 1. The van der Waals surface area contributed by atoms with Crippen LogP contribution in [0.3, 0.4) is 0 Å². The smallest absolute Gasteiger partial charge is 0.275 e. The number of hydrogen-bond acceptors (Lipinski definition) is 3. The molecular weight excluding hydrogens is 252 g/mol. The zero-order chi connectivity index (χ0) is 13.3. The van der Waals surface area contributed by atoms with Crippen molar-refractivity contribution in [3.63, 3.8) is 0 Å². The lowest BCUT2D eigenvalue weighted by Gasteiger charge is -2.26. The van der Waals surface area contributed by atoms with Crippen molar-refractivity contribution in [3.8, 4) is 0 Å². The van der Waals surface area contributed by atoms with Gasteiger partial charge in [-0.15, -0.1) is 0 Å². The van der Waals surface area contributed by atoms with Crippen molar-refractivity contribution in [2.75, 3.05) is 0 Å². The van der Waals surface area contributed by atoms with Crippen molar-refractivity contribution in [1.29, 1.82) is 0 Å². The summed E-state index contributed by atoms with van der Waals surface area (Å²) in [4.78, 5) is 10.6. The molecule has 0 radical (unpaired) electrons. The van der Waals surface area contributed by atoms with Gasteiger partial charge in [0.1, 0.15) is 0 Å². The summed E-state index contributed by atoms with van der Waals surface area (Å²) in [6, 6.07) is 4.81. The molecule has 0 amide bonds. The number of nitro benzene ring substituents is 1. The number of nitrogens with one attached hydrogen (secondary N) is 1. The summed E-state index contributed by atoms with van der Waals surface area (Å²) in [5, 5.41) is 14.8. The highest BCUT2D eigenvalue weighted by atomic mass is 35.5. The van der Waals surface area contributed by atoms with Gasteiger partial charge in [-0.3, -0.25) is 10.1 Å². The molecule has 1 aliphatic rings. The molecule has 2 rings (SSSR count). The third-order valence-electron chi connectivity index (χ3n) is 3.58. The first-order valence-electron chi connectivity index (χ1n) is 6.08. The van der Waals surface area contributed by atoms with Gasteiger partial charge in [-0.05, 0) is 44.7 Å². The largest absolute Gasteiger partial charge is 0.307 e. The molecule has 0 spiro atoms. The van der Waals surface area contributed by atoms with Gasteiger partial charge in [0, 0.05) is 28.7 Å². The average molecular weight is 269 g/mol. The van der Waals surface area contributed by atoms with Crippen LogP contribution >= 0.6 is 11.6 Å². The Hall–Kier alpha value is -1.13. The fraction of sp³-hybridized carbons (Fsp3) is 0.538. The van der Waals surface area contributed by atoms with Gasteiger partial charge in [-0.25, -0.2) is 0 Å². The Bertz CT molecular complexity index is 470. The van der Waals surface area contributed by atoms with E-state index in [1.807, 2.05) is 0 Å². The molecule has 0 atom stereocenters. The van der Waals surface area contributed by atoms with Crippen LogP contribution in [-0.2, 0) is 6.54 Å². The fourth-order valence-corrected chi connectivity index (χ4v) is 2.30. The highest BCUT2D eigenvalue weighted by molar-refractivity contribution is 6.30. The van der Waals surface area contributed by atoms with E-state index in [1.165, 1.54) is 18.9 Å². The maximum atomic E-state index is 11.0. The van der Waals surface area contributed by atoms with Gasteiger partial charge in [-0.1, -0.05) is 11.6 Å². The number of nitrogens with zero attached hydrogens (tertiary/aromatic N) is 1. The quantitative estimate of drug-likeness (QED) is 0.657. The van der Waals surface area contributed by atoms with E-state index in [-0.39, 0.29) is 16.1 Å². The van der Waals surface area contributed by atoms with E-state index >= 15 is 0 Å². The molecule has 0 bridgehead atoms. The van der Waals surface area contributed by atoms with Gasteiger partial charge in [-0.2, -0.15) is 0 Å². The molecule has 0 aromatic heterocycles. The van der Waals surface area contributed by atoms with Crippen LogP contribution in [0.2, 0.25) is 5.02 Å². The Morgan fingerprint density at radius 1 is 1.50 bits per heavy atom. The highest BCUT2D eigenvalue weighted by Gasteiger charge is 2.37. The monoisotopic (exact) mass is 268 g/mol. The summed E-state index contributed by atoms with van der Waals surface area (Å²) < 4.78 is 0. The van der Waals surface area contributed by atoms with Crippen molar-refractivity contribution < 1.29 is 4.92 Å². The molecule has 0 saturated heterocycles. The van der Waals surface area contributed by atoms with Gasteiger partial charge in [0.05, 0.1) is 4.92 Å². The van der Waals surface area contributed by atoms with E-state index in [9.17, 15) is 10.1 Å². The number of rotatable bonds is 5. The lowest BCUT2D eigenvalue weighted by atomic mass is 9.98. The third kappa shape index (κ3) is 3.00. The Kier molecular flexibility index (Phi) is 3.59. The van der Waals surface area contributed by atoms with Gasteiger partial charge in [0.2, 0.25) is 0 Å². The van der Waals surface area contributed by atoms with E-state index in [1.54, 1.807) is 12.1 Å². The minimum atomic E-state index is -0.382. The van der Waals surface area contributed by atoms with Crippen LogP contribution < -0.4 is 5.32 Å². The van der Waals surface area contributed by atoms with Crippen LogP contribution in [0.25, 0.3) is 0 Å². The standard InChI is InChI=1S/C13H17ClN2O2/c1-13(2,10-4-5-10)15-8-9-3-6-11(14)7-12(9)16(17)18/h3,6-7,10,15H,4-5,8H2,1-2H3. The fourth-order valence-electron chi connectivity index (χ4n) is 2.13. The topological polar surface area (TPSA) is 55.2 Å². The SMILES string of the molecule is CC(C)(NCc1ccc(Cl)cc1[N+](=O)[O-])C1CC1. The minimum Gasteiger partial charge on any atom is -0.307 e. The zero-order valence-corrected chi connectivity index (χ0v) is 11.3. The second kappa shape index (κ2) is 4.86. The summed E-state index contributed by atoms with van der Waals surface area (Å²) >= 11 is 5.79. The lowest BCUT2D eigenvalue weighted by Crippen LogP contribution is -2.40. The molecule has 18 heavy (non-hydrogen) atoms. The van der Waals surface area contributed by atoms with Gasteiger partial charge >= 0.3 is 0 Å². The number of benzene rings is 1. The molecule has 1 N–H and O–H groups in total. The second-order valence-electron chi connectivity index (χ2n) is 5.38. The first kappa shape index (κ1) is 13.3. The van der Waals surface area contributed by atoms with Crippen molar-refractivity contribution in [2.45, 2.75) is 38.8 Å². The van der Waals surface area contributed by atoms with E-state index in [0.29, 0.717) is 23.0 Å². The molecule has 0 aliphatic heterocycles. The summed E-state index contributed by atoms with van der Waals surface area (Å²) in [6.07, 6.45) is 2.48. The van der Waals surface area contributed by atoms with Crippen molar-refractivity contribution >= 4 is 17.3 Å². The Morgan fingerprint density at radius 3 is 2.72 bits per heavy atom. The van der Waals surface area contributed by atoms with Crippen LogP contribution in [0, 0.1) is 16.0 Å². The lowest BCUT2D eigenvalue weighted by molar-refractivity contribution is -0.385. The molecule has 5 heteroatoms. The molecule has 1 aromatic rings. The Morgan fingerprint density at radius 2 is 2.17 bits per heavy atom. The molecule has 0 heterocycles.